The van der Waals surface area contributed by atoms with Crippen molar-refractivity contribution in [3.05, 3.63) is 64.7 Å². The largest absolute Gasteiger partial charge is 0.493 e. The lowest BCUT2D eigenvalue weighted by atomic mass is 10.1. The average Bonchev–Trinajstić information content (AvgIpc) is 2.43. The van der Waals surface area contributed by atoms with Crippen molar-refractivity contribution in [2.75, 3.05) is 6.61 Å². The zero-order valence-corrected chi connectivity index (χ0v) is 12.2. The maximum absolute atomic E-state index is 5.78. The Hall–Kier alpha value is -1.47. The van der Waals surface area contributed by atoms with E-state index in [4.69, 9.17) is 16.3 Å². The van der Waals surface area contributed by atoms with Crippen LogP contribution in [0.2, 0.25) is 0 Å². The first kappa shape index (κ1) is 14.0. The van der Waals surface area contributed by atoms with Gasteiger partial charge in [0.05, 0.1) is 6.61 Å². The molecule has 2 aromatic carbocycles. The predicted molar refractivity (Wildman–Crippen MR) is 81.1 cm³/mol. The Kier molecular flexibility index (Phi) is 4.86. The van der Waals surface area contributed by atoms with Crippen LogP contribution in [-0.2, 0) is 12.3 Å². The monoisotopic (exact) mass is 274 g/mol. The predicted octanol–water partition coefficient (Wildman–Crippen LogP) is 4.66. The molecule has 0 saturated heterocycles. The van der Waals surface area contributed by atoms with E-state index < -0.39 is 0 Å². The normalized spacial score (nSPS) is 10.5. The molecule has 0 amide bonds. The summed E-state index contributed by atoms with van der Waals surface area (Å²) in [5.41, 5.74) is 4.99. The lowest BCUT2D eigenvalue weighted by molar-refractivity contribution is 0.321. The molecule has 0 aliphatic rings. The minimum atomic E-state index is 0.569. The third kappa shape index (κ3) is 4.00. The molecule has 0 unspecified atom stereocenters. The van der Waals surface area contributed by atoms with Gasteiger partial charge in [-0.25, -0.2) is 0 Å². The molecular weight excluding hydrogens is 256 g/mol. The fourth-order valence-corrected chi connectivity index (χ4v) is 2.06. The standard InChI is InChI=1S/C17H19ClO/c1-13-3-8-17(11-14(13)2)19-10-9-15-4-6-16(12-18)7-5-15/h3-8,11H,9-10,12H2,1-2H3. The molecule has 0 atom stereocenters. The molecule has 0 aromatic heterocycles. The van der Waals surface area contributed by atoms with Gasteiger partial charge in [-0.2, -0.15) is 0 Å². The van der Waals surface area contributed by atoms with Crippen molar-refractivity contribution in [2.24, 2.45) is 0 Å². The summed E-state index contributed by atoms with van der Waals surface area (Å²) in [6.07, 6.45) is 0.912. The van der Waals surface area contributed by atoms with Crippen LogP contribution in [0, 0.1) is 13.8 Å². The number of rotatable bonds is 5. The number of ether oxygens (including phenoxy) is 1. The van der Waals surface area contributed by atoms with Gasteiger partial charge < -0.3 is 4.74 Å². The number of aryl methyl sites for hydroxylation is 2. The molecule has 19 heavy (non-hydrogen) atoms. The van der Waals surface area contributed by atoms with E-state index in [1.54, 1.807) is 0 Å². The molecular formula is C17H19ClO. The van der Waals surface area contributed by atoms with Crippen LogP contribution in [-0.4, -0.2) is 6.61 Å². The first-order valence-corrected chi connectivity index (χ1v) is 7.06. The van der Waals surface area contributed by atoms with Crippen LogP contribution in [0.1, 0.15) is 22.3 Å². The quantitative estimate of drug-likeness (QED) is 0.721. The summed E-state index contributed by atoms with van der Waals surface area (Å²) in [6, 6.07) is 14.6. The maximum atomic E-state index is 5.78. The van der Waals surface area contributed by atoms with Crippen molar-refractivity contribution >= 4 is 11.6 Å². The molecule has 0 aliphatic heterocycles. The summed E-state index contributed by atoms with van der Waals surface area (Å²) in [6.45, 7) is 4.91. The molecule has 0 N–H and O–H groups in total. The Bertz CT molecular complexity index is 531. The number of halogens is 1. The van der Waals surface area contributed by atoms with Gasteiger partial charge in [0.15, 0.2) is 0 Å². The smallest absolute Gasteiger partial charge is 0.119 e. The van der Waals surface area contributed by atoms with Crippen LogP contribution in [0.5, 0.6) is 5.75 Å². The molecule has 0 radical (unpaired) electrons. The number of hydrogen-bond donors (Lipinski definition) is 0. The van der Waals surface area contributed by atoms with E-state index in [2.05, 4.69) is 50.2 Å². The molecule has 0 saturated carbocycles. The first-order valence-electron chi connectivity index (χ1n) is 6.53. The third-order valence-corrected chi connectivity index (χ3v) is 3.62. The van der Waals surface area contributed by atoms with Gasteiger partial charge in [-0.1, -0.05) is 30.3 Å². The van der Waals surface area contributed by atoms with Crippen LogP contribution in [0.15, 0.2) is 42.5 Å². The Labute approximate surface area is 120 Å². The molecule has 2 heteroatoms. The van der Waals surface area contributed by atoms with Crippen molar-refractivity contribution in [1.29, 1.82) is 0 Å². The number of hydrogen-bond acceptors (Lipinski definition) is 1. The van der Waals surface area contributed by atoms with Gasteiger partial charge in [-0.3, -0.25) is 0 Å². The number of benzene rings is 2. The first-order chi connectivity index (χ1) is 9.19. The van der Waals surface area contributed by atoms with E-state index in [-0.39, 0.29) is 0 Å². The van der Waals surface area contributed by atoms with E-state index in [0.29, 0.717) is 12.5 Å². The molecule has 0 heterocycles. The maximum Gasteiger partial charge on any atom is 0.119 e. The lowest BCUT2D eigenvalue weighted by Crippen LogP contribution is -2.01. The van der Waals surface area contributed by atoms with Gasteiger partial charge >= 0.3 is 0 Å². The van der Waals surface area contributed by atoms with Gasteiger partial charge in [-0.15, -0.1) is 11.6 Å². The van der Waals surface area contributed by atoms with Gasteiger partial charge in [0, 0.05) is 12.3 Å². The molecule has 0 bridgehead atoms. The summed E-state index contributed by atoms with van der Waals surface area (Å²) in [5, 5.41) is 0. The Morgan fingerprint density at radius 2 is 1.58 bits per heavy atom. The van der Waals surface area contributed by atoms with Crippen LogP contribution >= 0.6 is 11.6 Å². The highest BCUT2D eigenvalue weighted by Crippen LogP contribution is 2.16. The van der Waals surface area contributed by atoms with Gasteiger partial charge in [0.25, 0.3) is 0 Å². The average molecular weight is 275 g/mol. The van der Waals surface area contributed by atoms with Crippen LogP contribution in [0.4, 0.5) is 0 Å². The van der Waals surface area contributed by atoms with E-state index >= 15 is 0 Å². The zero-order chi connectivity index (χ0) is 13.7. The number of alkyl halides is 1. The third-order valence-electron chi connectivity index (χ3n) is 3.32. The second-order valence-corrected chi connectivity index (χ2v) is 5.06. The van der Waals surface area contributed by atoms with Gasteiger partial charge in [-0.05, 0) is 48.2 Å². The molecule has 0 aliphatic carbocycles. The van der Waals surface area contributed by atoms with E-state index in [0.717, 1.165) is 17.7 Å². The molecule has 100 valence electrons. The van der Waals surface area contributed by atoms with E-state index in [1.165, 1.54) is 16.7 Å². The van der Waals surface area contributed by atoms with Gasteiger partial charge in [0.2, 0.25) is 0 Å². The summed E-state index contributed by atoms with van der Waals surface area (Å²) >= 11 is 5.77. The van der Waals surface area contributed by atoms with E-state index in [1.807, 2.05) is 6.07 Å². The Morgan fingerprint density at radius 3 is 2.21 bits per heavy atom. The zero-order valence-electron chi connectivity index (χ0n) is 11.4. The molecule has 2 aromatic rings. The van der Waals surface area contributed by atoms with Gasteiger partial charge in [0.1, 0.15) is 5.75 Å². The Morgan fingerprint density at radius 1 is 0.895 bits per heavy atom. The second kappa shape index (κ2) is 6.63. The summed E-state index contributed by atoms with van der Waals surface area (Å²) in [5.74, 6) is 1.51. The van der Waals surface area contributed by atoms with Crippen LogP contribution < -0.4 is 4.74 Å². The SMILES string of the molecule is Cc1ccc(OCCc2ccc(CCl)cc2)cc1C. The molecule has 0 fully saturated rings. The summed E-state index contributed by atoms with van der Waals surface area (Å²) in [7, 11) is 0. The van der Waals surface area contributed by atoms with Crippen LogP contribution in [0.25, 0.3) is 0 Å². The van der Waals surface area contributed by atoms with Crippen LogP contribution in [0.3, 0.4) is 0 Å². The Balaban J connectivity index is 1.86. The minimum Gasteiger partial charge on any atom is -0.493 e. The summed E-state index contributed by atoms with van der Waals surface area (Å²) in [4.78, 5) is 0. The highest BCUT2D eigenvalue weighted by atomic mass is 35.5. The molecule has 0 spiro atoms. The summed E-state index contributed by atoms with van der Waals surface area (Å²) < 4.78 is 5.78. The molecule has 1 nitrogen and oxygen atoms in total. The fraction of sp³-hybridized carbons (Fsp3) is 0.294. The molecule has 2 rings (SSSR count). The highest BCUT2D eigenvalue weighted by molar-refractivity contribution is 6.17. The lowest BCUT2D eigenvalue weighted by Gasteiger charge is -2.08. The second-order valence-electron chi connectivity index (χ2n) is 4.79. The topological polar surface area (TPSA) is 9.23 Å². The van der Waals surface area contributed by atoms with Crippen molar-refractivity contribution in [1.82, 2.24) is 0 Å². The highest BCUT2D eigenvalue weighted by Gasteiger charge is 1.99. The fourth-order valence-electron chi connectivity index (χ4n) is 1.89. The minimum absolute atomic E-state index is 0.569. The van der Waals surface area contributed by atoms with Crippen molar-refractivity contribution in [3.63, 3.8) is 0 Å². The van der Waals surface area contributed by atoms with E-state index in [9.17, 15) is 0 Å². The van der Waals surface area contributed by atoms with Crippen molar-refractivity contribution in [2.45, 2.75) is 26.1 Å². The van der Waals surface area contributed by atoms with Crippen molar-refractivity contribution < 1.29 is 4.74 Å². The van der Waals surface area contributed by atoms with Crippen molar-refractivity contribution in [3.8, 4) is 5.75 Å².